The van der Waals surface area contributed by atoms with Crippen molar-refractivity contribution < 1.29 is 9.47 Å². The average Bonchev–Trinajstić information content (AvgIpc) is 2.21. The number of ether oxygens (including phenoxy) is 2. The lowest BCUT2D eigenvalue weighted by molar-refractivity contribution is -0.0464. The summed E-state index contributed by atoms with van der Waals surface area (Å²) in [6, 6.07) is 0. The molecule has 58 valence electrons. The lowest BCUT2D eigenvalue weighted by Gasteiger charge is -2.14. The number of hydrogen-bond acceptors (Lipinski definition) is 4. The first kappa shape index (κ1) is 6.39. The lowest BCUT2D eigenvalue weighted by Crippen LogP contribution is -2.30. The summed E-state index contributed by atoms with van der Waals surface area (Å²) in [6.45, 7) is 3.63. The summed E-state index contributed by atoms with van der Waals surface area (Å²) in [5.41, 5.74) is 0. The van der Waals surface area contributed by atoms with E-state index in [1.54, 1.807) is 12.4 Å². The number of fused-ring (bicyclic) bond motifs is 1. The highest BCUT2D eigenvalue weighted by Crippen LogP contribution is 2.33. The predicted molar refractivity (Wildman–Crippen MR) is 37.4 cm³/mol. The fraction of sp³-hybridized carbons (Fsp3) is 0.429. The van der Waals surface area contributed by atoms with Gasteiger partial charge < -0.3 is 9.47 Å². The Balaban J connectivity index is 2.41. The Labute approximate surface area is 64.2 Å². The van der Waals surface area contributed by atoms with Gasteiger partial charge in [-0.15, -0.1) is 0 Å². The van der Waals surface area contributed by atoms with Gasteiger partial charge in [0.15, 0.2) is 0 Å². The molecular weight excluding hydrogens is 144 g/mol. The molecule has 0 aliphatic carbocycles. The van der Waals surface area contributed by atoms with Crippen LogP contribution in [0.1, 0.15) is 13.8 Å². The maximum absolute atomic E-state index is 5.30. The van der Waals surface area contributed by atoms with Gasteiger partial charge in [0.05, 0.1) is 0 Å². The molecule has 0 fully saturated rings. The quantitative estimate of drug-likeness (QED) is 0.556. The van der Waals surface area contributed by atoms with Gasteiger partial charge in [0.1, 0.15) is 0 Å². The molecule has 0 amide bonds. The van der Waals surface area contributed by atoms with Gasteiger partial charge in [0.25, 0.3) is 11.8 Å². The SMILES string of the molecule is CC1(C)Oc2nccnc2O1. The minimum atomic E-state index is -0.621. The summed E-state index contributed by atoms with van der Waals surface area (Å²) in [5.74, 6) is 0.318. The smallest absolute Gasteiger partial charge is 0.281 e. The minimum absolute atomic E-state index is 0.470. The molecule has 11 heavy (non-hydrogen) atoms. The Morgan fingerprint density at radius 3 is 2.00 bits per heavy atom. The van der Waals surface area contributed by atoms with Crippen LogP contribution in [0, 0.1) is 0 Å². The van der Waals surface area contributed by atoms with E-state index in [0.717, 1.165) is 0 Å². The highest BCUT2D eigenvalue weighted by atomic mass is 16.7. The Morgan fingerprint density at radius 1 is 1.09 bits per heavy atom. The molecule has 4 nitrogen and oxygen atoms in total. The van der Waals surface area contributed by atoms with Gasteiger partial charge in [-0.2, -0.15) is 0 Å². The Kier molecular flexibility index (Phi) is 1.07. The standard InChI is InChI=1S/C7H8N2O2/c1-7(2)10-5-6(11-7)9-4-3-8-5/h3-4H,1-2H3. The fourth-order valence-electron chi connectivity index (χ4n) is 0.939. The molecule has 2 heterocycles. The van der Waals surface area contributed by atoms with Crippen LogP contribution in [0.15, 0.2) is 12.4 Å². The van der Waals surface area contributed by atoms with Gasteiger partial charge in [-0.3, -0.25) is 0 Å². The van der Waals surface area contributed by atoms with E-state index < -0.39 is 5.79 Å². The number of hydrogen-bond donors (Lipinski definition) is 0. The van der Waals surface area contributed by atoms with Crippen molar-refractivity contribution in [2.24, 2.45) is 0 Å². The Morgan fingerprint density at radius 2 is 1.55 bits per heavy atom. The van der Waals surface area contributed by atoms with Crippen LogP contribution in [0.2, 0.25) is 0 Å². The summed E-state index contributed by atoms with van der Waals surface area (Å²) in [6.07, 6.45) is 3.15. The van der Waals surface area contributed by atoms with Gasteiger partial charge in [0, 0.05) is 26.2 Å². The second kappa shape index (κ2) is 1.84. The van der Waals surface area contributed by atoms with Gasteiger partial charge in [0.2, 0.25) is 5.79 Å². The largest absolute Gasteiger partial charge is 0.431 e. The van der Waals surface area contributed by atoms with Crippen LogP contribution in [-0.2, 0) is 0 Å². The van der Waals surface area contributed by atoms with Crippen LogP contribution >= 0.6 is 0 Å². The Bertz CT molecular complexity index is 259. The zero-order chi connectivity index (χ0) is 7.90. The molecule has 0 spiro atoms. The molecule has 0 unspecified atom stereocenters. The number of aromatic nitrogens is 2. The molecule has 1 aliphatic heterocycles. The van der Waals surface area contributed by atoms with E-state index in [9.17, 15) is 0 Å². The van der Waals surface area contributed by atoms with Crippen LogP contribution in [0.3, 0.4) is 0 Å². The minimum Gasteiger partial charge on any atom is -0.431 e. The van der Waals surface area contributed by atoms with Crippen molar-refractivity contribution in [1.82, 2.24) is 9.97 Å². The van der Waals surface area contributed by atoms with Gasteiger partial charge in [-0.25, -0.2) is 9.97 Å². The van der Waals surface area contributed by atoms with Crippen LogP contribution < -0.4 is 9.47 Å². The third-order valence-corrected chi connectivity index (χ3v) is 1.32. The first-order valence-electron chi connectivity index (χ1n) is 3.36. The van der Waals surface area contributed by atoms with Crippen LogP contribution in [-0.4, -0.2) is 15.8 Å². The van der Waals surface area contributed by atoms with E-state index in [-0.39, 0.29) is 0 Å². The molecule has 2 rings (SSSR count). The van der Waals surface area contributed by atoms with E-state index in [4.69, 9.17) is 9.47 Å². The molecule has 0 aromatic carbocycles. The second-order valence-electron chi connectivity index (χ2n) is 2.77. The second-order valence-corrected chi connectivity index (χ2v) is 2.77. The summed E-state index contributed by atoms with van der Waals surface area (Å²) in [7, 11) is 0. The molecule has 1 aromatic heterocycles. The number of rotatable bonds is 0. The van der Waals surface area contributed by atoms with E-state index >= 15 is 0 Å². The van der Waals surface area contributed by atoms with Gasteiger partial charge in [-0.05, 0) is 0 Å². The Hall–Kier alpha value is -1.32. The maximum atomic E-state index is 5.30. The third-order valence-electron chi connectivity index (χ3n) is 1.32. The first-order chi connectivity index (χ1) is 5.17. The molecule has 0 saturated heterocycles. The van der Waals surface area contributed by atoms with Crippen molar-refractivity contribution in [2.75, 3.05) is 0 Å². The zero-order valence-corrected chi connectivity index (χ0v) is 6.37. The summed E-state index contributed by atoms with van der Waals surface area (Å²) in [4.78, 5) is 7.89. The van der Waals surface area contributed by atoms with E-state index in [1.165, 1.54) is 0 Å². The molecule has 1 aliphatic rings. The third kappa shape index (κ3) is 1.00. The molecule has 0 bridgehead atoms. The van der Waals surface area contributed by atoms with Gasteiger partial charge >= 0.3 is 0 Å². The topological polar surface area (TPSA) is 44.2 Å². The van der Waals surface area contributed by atoms with Crippen molar-refractivity contribution in [2.45, 2.75) is 19.6 Å². The fourth-order valence-corrected chi connectivity index (χ4v) is 0.939. The lowest BCUT2D eigenvalue weighted by atomic mass is 10.4. The normalized spacial score (nSPS) is 18.4. The molecule has 0 N–H and O–H groups in total. The molecular formula is C7H8N2O2. The average molecular weight is 152 g/mol. The summed E-state index contributed by atoms with van der Waals surface area (Å²) < 4.78 is 10.6. The molecule has 0 saturated carbocycles. The van der Waals surface area contributed by atoms with Crippen LogP contribution in [0.25, 0.3) is 0 Å². The summed E-state index contributed by atoms with van der Waals surface area (Å²) in [5, 5.41) is 0. The monoisotopic (exact) mass is 152 g/mol. The van der Waals surface area contributed by atoms with Crippen LogP contribution in [0.4, 0.5) is 0 Å². The van der Waals surface area contributed by atoms with Gasteiger partial charge in [-0.1, -0.05) is 0 Å². The molecule has 0 radical (unpaired) electrons. The number of nitrogens with zero attached hydrogens (tertiary/aromatic N) is 2. The van der Waals surface area contributed by atoms with Crippen molar-refractivity contribution in [1.29, 1.82) is 0 Å². The van der Waals surface area contributed by atoms with Crippen LogP contribution in [0.5, 0.6) is 11.8 Å². The van der Waals surface area contributed by atoms with E-state index in [2.05, 4.69) is 9.97 Å². The van der Waals surface area contributed by atoms with E-state index in [1.807, 2.05) is 13.8 Å². The molecule has 0 atom stereocenters. The molecule has 4 heteroatoms. The van der Waals surface area contributed by atoms with Crippen molar-refractivity contribution in [3.8, 4) is 11.8 Å². The summed E-state index contributed by atoms with van der Waals surface area (Å²) >= 11 is 0. The predicted octanol–water partition coefficient (Wildman–Crippen LogP) is 0.984. The highest BCUT2D eigenvalue weighted by Gasteiger charge is 2.33. The van der Waals surface area contributed by atoms with Crippen molar-refractivity contribution in [3.63, 3.8) is 0 Å². The highest BCUT2D eigenvalue weighted by molar-refractivity contribution is 5.28. The first-order valence-corrected chi connectivity index (χ1v) is 3.36. The van der Waals surface area contributed by atoms with Crippen molar-refractivity contribution in [3.05, 3.63) is 12.4 Å². The van der Waals surface area contributed by atoms with Crippen molar-refractivity contribution >= 4 is 0 Å². The molecule has 1 aromatic rings. The zero-order valence-electron chi connectivity index (χ0n) is 6.37. The van der Waals surface area contributed by atoms with E-state index in [0.29, 0.717) is 11.8 Å². The maximum Gasteiger partial charge on any atom is 0.281 e.